The molecule has 19 heavy (non-hydrogen) atoms. The molecule has 0 aromatic heterocycles. The van der Waals surface area contributed by atoms with Crippen molar-refractivity contribution < 1.29 is 4.74 Å². The highest BCUT2D eigenvalue weighted by atomic mass is 16.5. The van der Waals surface area contributed by atoms with Crippen molar-refractivity contribution in [3.63, 3.8) is 0 Å². The first-order chi connectivity index (χ1) is 9.04. The van der Waals surface area contributed by atoms with Gasteiger partial charge >= 0.3 is 0 Å². The van der Waals surface area contributed by atoms with Crippen LogP contribution in [0.5, 0.6) is 0 Å². The average Bonchev–Trinajstić information content (AvgIpc) is 2.88. The molecule has 1 N–H and O–H groups in total. The normalized spacial score (nSPS) is 24.1. The van der Waals surface area contributed by atoms with Crippen LogP contribution < -0.4 is 5.32 Å². The molecule has 4 heteroatoms. The van der Waals surface area contributed by atoms with Gasteiger partial charge in [0.1, 0.15) is 5.54 Å². The molecule has 1 saturated heterocycles. The molecule has 0 aliphatic carbocycles. The van der Waals surface area contributed by atoms with E-state index in [4.69, 9.17) is 4.74 Å². The number of hydrogen-bond acceptors (Lipinski definition) is 4. The highest BCUT2D eigenvalue weighted by Crippen LogP contribution is 2.19. The largest absolute Gasteiger partial charge is 0.377 e. The summed E-state index contributed by atoms with van der Waals surface area (Å²) in [6.07, 6.45) is 3.59. The van der Waals surface area contributed by atoms with Crippen LogP contribution in [-0.2, 0) is 4.74 Å². The number of hydrogen-bond donors (Lipinski definition) is 1. The van der Waals surface area contributed by atoms with Gasteiger partial charge in [0.15, 0.2) is 0 Å². The molecule has 0 spiro atoms. The predicted molar refractivity (Wildman–Crippen MR) is 78.0 cm³/mol. The fourth-order valence-corrected chi connectivity index (χ4v) is 2.94. The van der Waals surface area contributed by atoms with Crippen LogP contribution >= 0.6 is 0 Å². The SMILES string of the molecule is CCNC(C)(C#N)CC(C)N(CC)CC1CCCO1. The maximum atomic E-state index is 9.35. The smallest absolute Gasteiger partial charge is 0.105 e. The Morgan fingerprint density at radius 1 is 1.53 bits per heavy atom. The van der Waals surface area contributed by atoms with Gasteiger partial charge < -0.3 is 4.74 Å². The molecule has 1 aliphatic rings. The summed E-state index contributed by atoms with van der Waals surface area (Å²) in [7, 11) is 0. The maximum Gasteiger partial charge on any atom is 0.105 e. The molecule has 0 aromatic carbocycles. The minimum absolute atomic E-state index is 0.384. The lowest BCUT2D eigenvalue weighted by Crippen LogP contribution is -2.48. The topological polar surface area (TPSA) is 48.3 Å². The maximum absolute atomic E-state index is 9.35. The van der Waals surface area contributed by atoms with E-state index >= 15 is 0 Å². The first-order valence-corrected chi connectivity index (χ1v) is 7.56. The molecule has 3 unspecified atom stereocenters. The van der Waals surface area contributed by atoms with Crippen molar-refractivity contribution in [1.29, 1.82) is 5.26 Å². The summed E-state index contributed by atoms with van der Waals surface area (Å²) in [6.45, 7) is 12.2. The molecule has 1 heterocycles. The predicted octanol–water partition coefficient (Wildman–Crippen LogP) is 2.16. The van der Waals surface area contributed by atoms with Gasteiger partial charge in [0.2, 0.25) is 0 Å². The molecule has 110 valence electrons. The highest BCUT2D eigenvalue weighted by Gasteiger charge is 2.29. The molecule has 4 nitrogen and oxygen atoms in total. The van der Waals surface area contributed by atoms with Crippen LogP contribution in [0.1, 0.15) is 47.0 Å². The minimum atomic E-state index is -0.432. The Labute approximate surface area is 118 Å². The Kier molecular flexibility index (Phi) is 6.78. The molecular formula is C15H29N3O. The third-order valence-electron chi connectivity index (χ3n) is 4.01. The van der Waals surface area contributed by atoms with E-state index in [0.717, 1.165) is 32.7 Å². The van der Waals surface area contributed by atoms with Gasteiger partial charge in [-0.1, -0.05) is 13.8 Å². The van der Waals surface area contributed by atoms with Crippen molar-refractivity contribution in [1.82, 2.24) is 10.2 Å². The van der Waals surface area contributed by atoms with E-state index in [1.54, 1.807) is 0 Å². The summed E-state index contributed by atoms with van der Waals surface area (Å²) in [5.74, 6) is 0. The van der Waals surface area contributed by atoms with Gasteiger partial charge in [0, 0.05) is 19.2 Å². The zero-order chi connectivity index (χ0) is 14.3. The minimum Gasteiger partial charge on any atom is -0.377 e. The van der Waals surface area contributed by atoms with E-state index in [-0.39, 0.29) is 0 Å². The molecule has 1 rings (SSSR count). The Morgan fingerprint density at radius 2 is 2.26 bits per heavy atom. The molecule has 0 bridgehead atoms. The molecule has 0 radical (unpaired) electrons. The van der Waals surface area contributed by atoms with Gasteiger partial charge in [0.25, 0.3) is 0 Å². The van der Waals surface area contributed by atoms with Crippen LogP contribution in [0.15, 0.2) is 0 Å². The van der Waals surface area contributed by atoms with Crippen molar-refractivity contribution in [2.75, 3.05) is 26.2 Å². The summed E-state index contributed by atoms with van der Waals surface area (Å²) < 4.78 is 5.72. The van der Waals surface area contributed by atoms with Crippen LogP contribution in [0.3, 0.4) is 0 Å². The second-order valence-corrected chi connectivity index (χ2v) is 5.75. The van der Waals surface area contributed by atoms with Crippen LogP contribution in [0.25, 0.3) is 0 Å². The lowest BCUT2D eigenvalue weighted by molar-refractivity contribution is 0.0571. The fraction of sp³-hybridized carbons (Fsp3) is 0.933. The lowest BCUT2D eigenvalue weighted by atomic mass is 9.94. The van der Waals surface area contributed by atoms with Crippen LogP contribution in [0.4, 0.5) is 0 Å². The summed E-state index contributed by atoms with van der Waals surface area (Å²) in [6, 6.07) is 2.80. The summed E-state index contributed by atoms with van der Waals surface area (Å²) in [5.41, 5.74) is -0.432. The van der Waals surface area contributed by atoms with Crippen molar-refractivity contribution in [2.24, 2.45) is 0 Å². The average molecular weight is 267 g/mol. The number of nitrogens with one attached hydrogen (secondary N) is 1. The fourth-order valence-electron chi connectivity index (χ4n) is 2.94. The van der Waals surface area contributed by atoms with Gasteiger partial charge in [0.05, 0.1) is 12.2 Å². The standard InChI is InChI=1S/C15H29N3O/c1-5-17-15(4,12-16)10-13(3)18(6-2)11-14-8-7-9-19-14/h13-14,17H,5-11H2,1-4H3. The van der Waals surface area contributed by atoms with E-state index in [1.807, 2.05) is 13.8 Å². The van der Waals surface area contributed by atoms with Crippen molar-refractivity contribution in [3.8, 4) is 6.07 Å². The van der Waals surface area contributed by atoms with Crippen LogP contribution in [-0.4, -0.2) is 48.8 Å². The van der Waals surface area contributed by atoms with E-state index in [9.17, 15) is 5.26 Å². The van der Waals surface area contributed by atoms with Gasteiger partial charge in [-0.25, -0.2) is 0 Å². The zero-order valence-electron chi connectivity index (χ0n) is 12.9. The molecule has 0 amide bonds. The monoisotopic (exact) mass is 267 g/mol. The number of likely N-dealkylation sites (N-methyl/N-ethyl adjacent to an activating group) is 1. The van der Waals surface area contributed by atoms with Crippen molar-refractivity contribution >= 4 is 0 Å². The third kappa shape index (κ3) is 5.10. The third-order valence-corrected chi connectivity index (χ3v) is 4.01. The lowest BCUT2D eigenvalue weighted by Gasteiger charge is -2.34. The molecule has 1 aliphatic heterocycles. The Bertz CT molecular complexity index is 296. The van der Waals surface area contributed by atoms with Gasteiger partial charge in [-0.3, -0.25) is 10.2 Å². The van der Waals surface area contributed by atoms with E-state index in [1.165, 1.54) is 12.8 Å². The quantitative estimate of drug-likeness (QED) is 0.732. The Balaban J connectivity index is 2.52. The van der Waals surface area contributed by atoms with Gasteiger partial charge in [-0.05, 0) is 46.2 Å². The first-order valence-electron chi connectivity index (χ1n) is 7.56. The summed E-state index contributed by atoms with van der Waals surface area (Å²) in [5, 5.41) is 12.6. The first kappa shape index (κ1) is 16.4. The van der Waals surface area contributed by atoms with E-state index < -0.39 is 5.54 Å². The Morgan fingerprint density at radius 3 is 2.74 bits per heavy atom. The summed E-state index contributed by atoms with van der Waals surface area (Å²) >= 11 is 0. The van der Waals surface area contributed by atoms with Crippen LogP contribution in [0, 0.1) is 11.3 Å². The van der Waals surface area contributed by atoms with Gasteiger partial charge in [-0.15, -0.1) is 0 Å². The molecule has 1 fully saturated rings. The molecule has 0 saturated carbocycles. The molecule has 0 aromatic rings. The number of nitriles is 1. The Hall–Kier alpha value is -0.630. The van der Waals surface area contributed by atoms with E-state index in [0.29, 0.717) is 12.1 Å². The second kappa shape index (κ2) is 7.84. The number of nitrogens with zero attached hydrogens (tertiary/aromatic N) is 2. The highest BCUT2D eigenvalue weighted by molar-refractivity contribution is 5.05. The van der Waals surface area contributed by atoms with E-state index in [2.05, 4.69) is 30.1 Å². The number of ether oxygens (including phenoxy) is 1. The number of rotatable bonds is 8. The molecular weight excluding hydrogens is 238 g/mol. The van der Waals surface area contributed by atoms with Crippen LogP contribution in [0.2, 0.25) is 0 Å². The van der Waals surface area contributed by atoms with Gasteiger partial charge in [-0.2, -0.15) is 5.26 Å². The zero-order valence-corrected chi connectivity index (χ0v) is 12.9. The van der Waals surface area contributed by atoms with Crippen molar-refractivity contribution in [3.05, 3.63) is 0 Å². The molecule has 3 atom stereocenters. The van der Waals surface area contributed by atoms with Crippen molar-refractivity contribution in [2.45, 2.75) is 64.6 Å². The second-order valence-electron chi connectivity index (χ2n) is 5.75. The summed E-state index contributed by atoms with van der Waals surface area (Å²) in [4.78, 5) is 2.43.